The molecule has 6 heteroatoms. The molecule has 4 nitrogen and oxygen atoms in total. The highest BCUT2D eigenvalue weighted by Crippen LogP contribution is 2.46. The van der Waals surface area contributed by atoms with Crippen LogP contribution in [0.25, 0.3) is 0 Å². The third-order valence-electron chi connectivity index (χ3n) is 5.60. The molecule has 0 aromatic heterocycles. The van der Waals surface area contributed by atoms with E-state index in [4.69, 9.17) is 4.74 Å². The van der Waals surface area contributed by atoms with Crippen molar-refractivity contribution in [1.29, 1.82) is 0 Å². The second-order valence-electron chi connectivity index (χ2n) is 7.80. The standard InChI is InChI=1S/C26H27NO3S2/c1-18(28)23-24(27(25(23)29)17-19-13-15-20(30-2)16-14-19)26(31-21-9-5-3-6-10-21)32-22-11-7-4-8-12-22/h3-16,18,23-24,26,28H,17H2,1-2H3/t18-,23-,24+/m1/s1. The van der Waals surface area contributed by atoms with Crippen LogP contribution in [0.5, 0.6) is 5.75 Å². The van der Waals surface area contributed by atoms with Crippen molar-refractivity contribution in [3.05, 3.63) is 90.5 Å². The molecule has 1 fully saturated rings. The van der Waals surface area contributed by atoms with Crippen LogP contribution in [0.3, 0.4) is 0 Å². The lowest BCUT2D eigenvalue weighted by atomic mass is 9.83. The zero-order chi connectivity index (χ0) is 22.5. The average molecular weight is 466 g/mol. The summed E-state index contributed by atoms with van der Waals surface area (Å²) >= 11 is 3.50. The third kappa shape index (κ3) is 5.14. The van der Waals surface area contributed by atoms with Gasteiger partial charge in [0, 0.05) is 16.3 Å². The van der Waals surface area contributed by atoms with Gasteiger partial charge in [0.15, 0.2) is 0 Å². The minimum absolute atomic E-state index is 0.00754. The fourth-order valence-electron chi connectivity index (χ4n) is 3.94. The zero-order valence-corrected chi connectivity index (χ0v) is 19.8. The van der Waals surface area contributed by atoms with Crippen LogP contribution in [-0.2, 0) is 11.3 Å². The largest absolute Gasteiger partial charge is 0.497 e. The molecule has 32 heavy (non-hydrogen) atoms. The van der Waals surface area contributed by atoms with Crippen LogP contribution < -0.4 is 4.74 Å². The molecule has 0 spiro atoms. The average Bonchev–Trinajstić information content (AvgIpc) is 2.81. The van der Waals surface area contributed by atoms with Gasteiger partial charge in [-0.1, -0.05) is 48.5 Å². The Morgan fingerprint density at radius 3 is 1.91 bits per heavy atom. The Morgan fingerprint density at radius 2 is 1.44 bits per heavy atom. The molecule has 4 rings (SSSR count). The molecule has 3 aromatic carbocycles. The van der Waals surface area contributed by atoms with Crippen molar-refractivity contribution < 1.29 is 14.6 Å². The van der Waals surface area contributed by atoms with Crippen molar-refractivity contribution in [3.63, 3.8) is 0 Å². The van der Waals surface area contributed by atoms with E-state index in [0.29, 0.717) is 6.54 Å². The van der Waals surface area contributed by atoms with E-state index in [9.17, 15) is 9.90 Å². The van der Waals surface area contributed by atoms with Crippen LogP contribution in [0.1, 0.15) is 12.5 Å². The molecule has 0 saturated carbocycles. The first-order valence-corrected chi connectivity index (χ1v) is 12.4. The summed E-state index contributed by atoms with van der Waals surface area (Å²) in [4.78, 5) is 17.3. The fourth-order valence-corrected chi connectivity index (χ4v) is 6.88. The predicted molar refractivity (Wildman–Crippen MR) is 131 cm³/mol. The topological polar surface area (TPSA) is 49.8 Å². The van der Waals surface area contributed by atoms with Crippen LogP contribution in [0, 0.1) is 5.92 Å². The number of likely N-dealkylation sites (tertiary alicyclic amines) is 1. The van der Waals surface area contributed by atoms with Gasteiger partial charge in [0.1, 0.15) is 5.75 Å². The number of rotatable bonds is 9. The Balaban J connectivity index is 1.62. The number of hydrogen-bond donors (Lipinski definition) is 1. The molecule has 3 atom stereocenters. The van der Waals surface area contributed by atoms with Gasteiger partial charge in [0.05, 0.1) is 29.8 Å². The summed E-state index contributed by atoms with van der Waals surface area (Å²) in [5.74, 6) is 0.387. The summed E-state index contributed by atoms with van der Waals surface area (Å²) < 4.78 is 5.29. The monoisotopic (exact) mass is 465 g/mol. The van der Waals surface area contributed by atoms with Gasteiger partial charge in [-0.05, 0) is 48.9 Å². The molecule has 0 aliphatic carbocycles. The van der Waals surface area contributed by atoms with Crippen molar-refractivity contribution >= 4 is 29.4 Å². The summed E-state index contributed by atoms with van der Waals surface area (Å²) in [5, 5.41) is 10.5. The number of nitrogens with zero attached hydrogens (tertiary/aromatic N) is 1. The second kappa shape index (κ2) is 10.5. The zero-order valence-electron chi connectivity index (χ0n) is 18.1. The molecule has 0 bridgehead atoms. The minimum atomic E-state index is -0.699. The number of aliphatic hydroxyl groups excluding tert-OH is 1. The molecule has 1 heterocycles. The minimum Gasteiger partial charge on any atom is -0.497 e. The SMILES string of the molecule is COc1ccc(CN2C(=O)[C@H]([C@@H](C)O)[C@H]2C(Sc2ccccc2)Sc2ccccc2)cc1. The highest BCUT2D eigenvalue weighted by Gasteiger charge is 2.53. The highest BCUT2D eigenvalue weighted by atomic mass is 32.2. The number of amides is 1. The first-order valence-electron chi connectivity index (χ1n) is 10.6. The number of benzene rings is 3. The van der Waals surface area contributed by atoms with Crippen molar-refractivity contribution in [2.45, 2.75) is 40.0 Å². The lowest BCUT2D eigenvalue weighted by Gasteiger charge is -2.51. The maximum absolute atomic E-state index is 13.1. The Hall–Kier alpha value is -2.41. The van der Waals surface area contributed by atoms with E-state index in [2.05, 4.69) is 24.3 Å². The third-order valence-corrected chi connectivity index (χ3v) is 8.29. The number of thioether (sulfide) groups is 2. The van der Waals surface area contributed by atoms with Gasteiger partial charge in [-0.25, -0.2) is 0 Å². The highest BCUT2D eigenvalue weighted by molar-refractivity contribution is 8.17. The molecule has 0 radical (unpaired) electrons. The maximum atomic E-state index is 13.1. The van der Waals surface area contributed by atoms with Crippen molar-refractivity contribution in [1.82, 2.24) is 4.90 Å². The number of β-lactam (4-membered cyclic amide) rings is 1. The predicted octanol–water partition coefficient (Wildman–Crippen LogP) is 5.31. The number of hydrogen-bond acceptors (Lipinski definition) is 5. The number of aliphatic hydroxyl groups is 1. The summed E-state index contributed by atoms with van der Waals surface area (Å²) in [6, 6.07) is 28.2. The lowest BCUT2D eigenvalue weighted by molar-refractivity contribution is -0.163. The van der Waals surface area contributed by atoms with Crippen LogP contribution >= 0.6 is 23.5 Å². The molecule has 1 saturated heterocycles. The number of carbonyl (C=O) groups excluding carboxylic acids is 1. The Morgan fingerprint density at radius 1 is 0.906 bits per heavy atom. The fraction of sp³-hybridized carbons (Fsp3) is 0.269. The normalized spacial score (nSPS) is 19.0. The van der Waals surface area contributed by atoms with Gasteiger partial charge in [-0.3, -0.25) is 4.79 Å². The van der Waals surface area contributed by atoms with Crippen molar-refractivity contribution in [2.75, 3.05) is 7.11 Å². The molecule has 3 aromatic rings. The van der Waals surface area contributed by atoms with Crippen molar-refractivity contribution in [3.8, 4) is 5.75 Å². The molecule has 1 amide bonds. The van der Waals surface area contributed by atoms with Gasteiger partial charge in [0.25, 0.3) is 0 Å². The van der Waals surface area contributed by atoms with Gasteiger partial charge >= 0.3 is 0 Å². The van der Waals surface area contributed by atoms with Crippen molar-refractivity contribution in [2.24, 2.45) is 5.92 Å². The first-order chi connectivity index (χ1) is 15.6. The Labute approximate surface area is 198 Å². The van der Waals surface area contributed by atoms with E-state index < -0.39 is 12.0 Å². The van der Waals surface area contributed by atoms with E-state index in [1.54, 1.807) is 37.6 Å². The summed E-state index contributed by atoms with van der Waals surface area (Å²) in [7, 11) is 1.64. The first kappa shape index (κ1) is 22.8. The van der Waals surface area contributed by atoms with Gasteiger partial charge in [-0.2, -0.15) is 0 Å². The van der Waals surface area contributed by atoms with E-state index in [1.807, 2.05) is 65.6 Å². The van der Waals surface area contributed by atoms with Crippen LogP contribution in [0.15, 0.2) is 94.7 Å². The quantitative estimate of drug-likeness (QED) is 0.264. The Bertz CT molecular complexity index is 971. The van der Waals surface area contributed by atoms with Crippen LogP contribution in [-0.4, -0.2) is 39.8 Å². The second-order valence-corrected chi connectivity index (χ2v) is 10.5. The molecule has 1 aliphatic rings. The molecular weight excluding hydrogens is 438 g/mol. The maximum Gasteiger partial charge on any atom is 0.231 e. The number of ether oxygens (including phenoxy) is 1. The number of methoxy groups -OCH3 is 1. The lowest BCUT2D eigenvalue weighted by Crippen LogP contribution is -2.66. The van der Waals surface area contributed by atoms with Gasteiger partial charge in [0.2, 0.25) is 5.91 Å². The van der Waals surface area contributed by atoms with E-state index in [0.717, 1.165) is 21.1 Å². The summed E-state index contributed by atoms with van der Waals surface area (Å²) in [6.45, 7) is 2.23. The molecule has 1 N–H and O–H groups in total. The van der Waals surface area contributed by atoms with Crippen LogP contribution in [0.4, 0.5) is 0 Å². The molecule has 0 unspecified atom stereocenters. The number of carbonyl (C=O) groups is 1. The van der Waals surface area contributed by atoms with Gasteiger partial charge in [-0.15, -0.1) is 23.5 Å². The smallest absolute Gasteiger partial charge is 0.231 e. The summed E-state index contributed by atoms with van der Waals surface area (Å²) in [5.41, 5.74) is 1.04. The van der Waals surface area contributed by atoms with E-state index >= 15 is 0 Å². The van der Waals surface area contributed by atoms with Gasteiger partial charge < -0.3 is 14.7 Å². The Kier molecular flexibility index (Phi) is 7.45. The molecule has 1 aliphatic heterocycles. The van der Waals surface area contributed by atoms with E-state index in [1.165, 1.54) is 0 Å². The molecule has 166 valence electrons. The summed E-state index contributed by atoms with van der Waals surface area (Å²) in [6.07, 6.45) is -0.699. The molecular formula is C26H27NO3S2. The van der Waals surface area contributed by atoms with Crippen LogP contribution in [0.2, 0.25) is 0 Å². The van der Waals surface area contributed by atoms with E-state index in [-0.39, 0.29) is 16.5 Å².